The van der Waals surface area contributed by atoms with E-state index in [1.54, 1.807) is 0 Å². The van der Waals surface area contributed by atoms with E-state index >= 15 is 0 Å². The van der Waals surface area contributed by atoms with Gasteiger partial charge in [0, 0.05) is 17.5 Å². The first kappa shape index (κ1) is 29.9. The maximum absolute atomic E-state index is 15.0. The van der Waals surface area contributed by atoms with Crippen LogP contribution in [0.25, 0.3) is 0 Å². The predicted molar refractivity (Wildman–Crippen MR) is 150 cm³/mol. The molecule has 0 aromatic heterocycles. The van der Waals surface area contributed by atoms with Gasteiger partial charge in [0.2, 0.25) is 0 Å². The van der Waals surface area contributed by atoms with E-state index in [0.29, 0.717) is 18.3 Å². The number of rotatable bonds is 8. The van der Waals surface area contributed by atoms with Crippen LogP contribution in [0.15, 0.2) is 61.5 Å². The minimum atomic E-state index is -0.474. The normalized spacial score (nSPS) is 19.6. The van der Waals surface area contributed by atoms with Gasteiger partial charge in [-0.3, -0.25) is 9.55 Å². The van der Waals surface area contributed by atoms with Crippen LogP contribution in [0.5, 0.6) is 0 Å². The SMILES string of the molecule is C=CCC1N(c2c(C(C)C)cccc2C(C)C)C=C[N+]1([O-])c1c(C(C)C)cccc1C(C)C.[Cl][Ti]. The summed E-state index contributed by atoms with van der Waals surface area (Å²) in [5.74, 6) is 1.26. The summed E-state index contributed by atoms with van der Waals surface area (Å²) in [6, 6.07) is 12.9. The Morgan fingerprint density at radius 3 is 1.63 bits per heavy atom. The maximum atomic E-state index is 15.0. The van der Waals surface area contributed by atoms with Crippen molar-refractivity contribution in [3.8, 4) is 0 Å². The molecule has 5 heteroatoms. The van der Waals surface area contributed by atoms with Gasteiger partial charge in [0.25, 0.3) is 0 Å². The van der Waals surface area contributed by atoms with Crippen molar-refractivity contribution in [3.05, 3.63) is 88.9 Å². The summed E-state index contributed by atoms with van der Waals surface area (Å²) in [5, 5.41) is 15.0. The van der Waals surface area contributed by atoms with Gasteiger partial charge >= 0.3 is 28.7 Å². The summed E-state index contributed by atoms with van der Waals surface area (Å²) in [6.07, 6.45) is 6.08. The van der Waals surface area contributed by atoms with Gasteiger partial charge in [0.05, 0.1) is 11.9 Å². The van der Waals surface area contributed by atoms with Crippen LogP contribution < -0.4 is 9.55 Å². The summed E-state index contributed by atoms with van der Waals surface area (Å²) < 4.78 is -0.474. The van der Waals surface area contributed by atoms with Gasteiger partial charge in [-0.2, -0.15) is 0 Å². The second kappa shape index (κ2) is 12.7. The molecule has 2 aromatic carbocycles. The Morgan fingerprint density at radius 1 is 0.857 bits per heavy atom. The average molecular weight is 530 g/mol. The van der Waals surface area contributed by atoms with Gasteiger partial charge in [0.1, 0.15) is 11.9 Å². The van der Waals surface area contributed by atoms with E-state index in [0.717, 1.165) is 16.8 Å². The zero-order valence-corrected chi connectivity index (χ0v) is 25.0. The van der Waals surface area contributed by atoms with Crippen molar-refractivity contribution < 1.29 is 19.4 Å². The fraction of sp³-hybridized carbons (Fsp3) is 0.467. The summed E-state index contributed by atoms with van der Waals surface area (Å²) in [6.45, 7) is 21.7. The van der Waals surface area contributed by atoms with Crippen LogP contribution in [-0.4, -0.2) is 6.17 Å². The van der Waals surface area contributed by atoms with E-state index in [-0.39, 0.29) is 18.0 Å². The number of hydrogen-bond acceptors (Lipinski definition) is 2. The third-order valence-electron chi connectivity index (χ3n) is 6.88. The number of halogens is 1. The molecule has 3 rings (SSSR count). The first-order valence-electron chi connectivity index (χ1n) is 12.7. The molecule has 1 heterocycles. The third kappa shape index (κ3) is 5.97. The summed E-state index contributed by atoms with van der Waals surface area (Å²) in [4.78, 5) is 2.25. The quantitative estimate of drug-likeness (QED) is 0.147. The van der Waals surface area contributed by atoms with Crippen LogP contribution >= 0.6 is 9.30 Å². The molecule has 0 saturated heterocycles. The summed E-state index contributed by atoms with van der Waals surface area (Å²) in [5.41, 5.74) is 6.94. The fourth-order valence-electron chi connectivity index (χ4n) is 5.15. The molecule has 0 saturated carbocycles. The molecule has 2 atom stereocenters. The van der Waals surface area contributed by atoms with Crippen molar-refractivity contribution in [3.63, 3.8) is 0 Å². The average Bonchev–Trinajstić information content (AvgIpc) is 3.16. The molecule has 0 aliphatic carbocycles. The number of anilines is 1. The first-order valence-corrected chi connectivity index (χ1v) is 14.8. The van der Waals surface area contributed by atoms with E-state index in [9.17, 15) is 5.21 Å². The molecule has 2 unspecified atom stereocenters. The third-order valence-corrected chi connectivity index (χ3v) is 6.88. The van der Waals surface area contributed by atoms with Gasteiger partial charge in [-0.25, -0.2) is 0 Å². The van der Waals surface area contributed by atoms with E-state index in [4.69, 9.17) is 0 Å². The van der Waals surface area contributed by atoms with E-state index in [1.165, 1.54) is 36.2 Å². The molecular weight excluding hydrogens is 488 g/mol. The van der Waals surface area contributed by atoms with Crippen LogP contribution in [-0.2, 0) is 19.4 Å². The zero-order chi connectivity index (χ0) is 26.5. The predicted octanol–water partition coefficient (Wildman–Crippen LogP) is 9.57. The Kier molecular flexibility index (Phi) is 10.9. The Bertz CT molecular complexity index is 979. The molecule has 35 heavy (non-hydrogen) atoms. The van der Waals surface area contributed by atoms with Crippen LogP contribution in [0, 0.1) is 5.21 Å². The Balaban J connectivity index is 0.00000210. The molecule has 3 nitrogen and oxygen atoms in total. The van der Waals surface area contributed by atoms with Crippen molar-refractivity contribution in [2.45, 2.75) is 91.6 Å². The molecule has 0 N–H and O–H groups in total. The second-order valence-electron chi connectivity index (χ2n) is 10.6. The van der Waals surface area contributed by atoms with Crippen LogP contribution in [0.3, 0.4) is 0 Å². The zero-order valence-electron chi connectivity index (χ0n) is 22.7. The van der Waals surface area contributed by atoms with Crippen molar-refractivity contribution in [1.29, 1.82) is 0 Å². The van der Waals surface area contributed by atoms with Gasteiger partial charge in [-0.05, 0) is 34.8 Å². The van der Waals surface area contributed by atoms with Crippen molar-refractivity contribution in [2.75, 3.05) is 4.90 Å². The molecule has 2 aromatic rings. The molecule has 0 amide bonds. The van der Waals surface area contributed by atoms with Gasteiger partial charge in [0.15, 0.2) is 6.17 Å². The molecule has 0 fully saturated rings. The molecule has 1 aliphatic rings. The topological polar surface area (TPSA) is 26.3 Å². The number of para-hydroxylation sites is 2. The van der Waals surface area contributed by atoms with Crippen molar-refractivity contribution in [2.24, 2.45) is 0 Å². The molecule has 0 radical (unpaired) electrons. The Labute approximate surface area is 229 Å². The molecule has 189 valence electrons. The van der Waals surface area contributed by atoms with E-state index in [1.807, 2.05) is 18.5 Å². The summed E-state index contributed by atoms with van der Waals surface area (Å²) in [7, 11) is 4.64. The van der Waals surface area contributed by atoms with Crippen LogP contribution in [0.4, 0.5) is 11.4 Å². The number of hydrogen-bond donors (Lipinski definition) is 0. The fourth-order valence-corrected chi connectivity index (χ4v) is 5.15. The van der Waals surface area contributed by atoms with Gasteiger partial charge in [-0.15, -0.1) is 6.58 Å². The van der Waals surface area contributed by atoms with Crippen LogP contribution in [0.1, 0.15) is 108 Å². The standard InChI is InChI=1S/C30H42N2O.ClH.Ti/c1-10-13-28-31(29-24(20(2)3)14-11-15-25(29)21(4)5)18-19-32(28,33)30-26(22(6)7)16-12-17-27(30)23(8)9;;/h10-12,14-23,28H,1,13H2,2-9H3;1H;/q;;+1/p-1. The first-order chi connectivity index (χ1) is 16.5. The molecule has 0 spiro atoms. The van der Waals surface area contributed by atoms with Gasteiger partial charge < -0.3 is 5.21 Å². The number of hydroxylamine groups is 2. The Hall–Kier alpha value is -1.36. The van der Waals surface area contributed by atoms with Crippen molar-refractivity contribution >= 4 is 20.7 Å². The van der Waals surface area contributed by atoms with Crippen LogP contribution in [0.2, 0.25) is 0 Å². The second-order valence-corrected chi connectivity index (χ2v) is 10.6. The molecule has 0 bridgehead atoms. The molecular formula is C30H42ClN2OTi. The number of benzene rings is 2. The van der Waals surface area contributed by atoms with Crippen molar-refractivity contribution in [1.82, 2.24) is 4.65 Å². The van der Waals surface area contributed by atoms with E-state index < -0.39 is 4.65 Å². The van der Waals surface area contributed by atoms with Gasteiger partial charge in [-0.1, -0.05) is 97.9 Å². The minimum absolute atomic E-state index is 0.267. The molecule has 1 aliphatic heterocycles. The number of quaternary nitrogens is 1. The van der Waals surface area contributed by atoms with E-state index in [2.05, 4.69) is 113 Å². The Morgan fingerprint density at radius 2 is 1.26 bits per heavy atom. The monoisotopic (exact) mass is 529 g/mol. The number of nitrogens with zero attached hydrogens (tertiary/aromatic N) is 2. The summed E-state index contributed by atoms with van der Waals surface area (Å²) >= 11 is 1.47.